The number of hydrogen-bond acceptors (Lipinski definition) is 4. The lowest BCUT2D eigenvalue weighted by Gasteiger charge is -2.57. The standard InChI is InChI=1S/C19H28O4/c1-4-22-15(21)6-7-17(2)14(20)5-8-19-10-12-9-13(16(17)19)23-18(12,3)11-19/h12-13,16H,4-11H2,1-3H3/t12?,13?,16?,17-,18?,19?/m1/s1. The predicted octanol–water partition coefficient (Wildman–Crippen LogP) is 3.27. The predicted molar refractivity (Wildman–Crippen MR) is 84.8 cm³/mol. The topological polar surface area (TPSA) is 52.6 Å². The summed E-state index contributed by atoms with van der Waals surface area (Å²) in [5.74, 6) is 1.12. The van der Waals surface area contributed by atoms with Crippen LogP contribution >= 0.6 is 0 Å². The van der Waals surface area contributed by atoms with Crippen LogP contribution in [0.2, 0.25) is 0 Å². The number of esters is 1. The van der Waals surface area contributed by atoms with E-state index in [0.717, 1.165) is 19.3 Å². The molecule has 0 radical (unpaired) electrons. The highest BCUT2D eigenvalue weighted by Gasteiger charge is 2.72. The summed E-state index contributed by atoms with van der Waals surface area (Å²) in [5, 5.41) is 0. The normalized spacial score (nSPS) is 50.2. The van der Waals surface area contributed by atoms with E-state index in [1.165, 1.54) is 6.42 Å². The fourth-order valence-electron chi connectivity index (χ4n) is 6.75. The van der Waals surface area contributed by atoms with Crippen LogP contribution in [0.3, 0.4) is 0 Å². The van der Waals surface area contributed by atoms with Crippen molar-refractivity contribution in [1.29, 1.82) is 0 Å². The molecule has 4 heteroatoms. The van der Waals surface area contributed by atoms with E-state index in [1.54, 1.807) is 0 Å². The molecule has 3 saturated carbocycles. The van der Waals surface area contributed by atoms with Gasteiger partial charge < -0.3 is 9.47 Å². The summed E-state index contributed by atoms with van der Waals surface area (Å²) in [7, 11) is 0. The van der Waals surface area contributed by atoms with Gasteiger partial charge in [0.2, 0.25) is 0 Å². The van der Waals surface area contributed by atoms with Crippen LogP contribution in [0, 0.1) is 22.7 Å². The average molecular weight is 320 g/mol. The molecule has 2 heterocycles. The molecule has 5 rings (SSSR count). The van der Waals surface area contributed by atoms with Crippen molar-refractivity contribution in [1.82, 2.24) is 0 Å². The quantitative estimate of drug-likeness (QED) is 0.746. The van der Waals surface area contributed by atoms with Gasteiger partial charge in [0.25, 0.3) is 0 Å². The molecule has 0 N–H and O–H groups in total. The van der Waals surface area contributed by atoms with Crippen molar-refractivity contribution >= 4 is 11.8 Å². The van der Waals surface area contributed by atoms with E-state index < -0.39 is 5.41 Å². The van der Waals surface area contributed by atoms with E-state index in [4.69, 9.17) is 9.47 Å². The monoisotopic (exact) mass is 320 g/mol. The van der Waals surface area contributed by atoms with Gasteiger partial charge in [0, 0.05) is 24.2 Å². The van der Waals surface area contributed by atoms with Crippen molar-refractivity contribution in [2.75, 3.05) is 6.61 Å². The largest absolute Gasteiger partial charge is 0.466 e. The number of rotatable bonds is 4. The van der Waals surface area contributed by atoms with E-state index in [0.29, 0.717) is 37.6 Å². The smallest absolute Gasteiger partial charge is 0.305 e. The minimum atomic E-state index is -0.424. The summed E-state index contributed by atoms with van der Waals surface area (Å²) in [4.78, 5) is 24.7. The third-order valence-electron chi connectivity index (χ3n) is 7.52. The molecule has 0 aromatic rings. The molecule has 0 aromatic carbocycles. The molecule has 23 heavy (non-hydrogen) atoms. The van der Waals surface area contributed by atoms with E-state index >= 15 is 0 Å². The van der Waals surface area contributed by atoms with Crippen molar-refractivity contribution in [3.05, 3.63) is 0 Å². The Morgan fingerprint density at radius 3 is 2.87 bits per heavy atom. The van der Waals surface area contributed by atoms with Crippen LogP contribution in [-0.4, -0.2) is 30.1 Å². The Labute approximate surface area is 138 Å². The molecule has 6 atom stereocenters. The second-order valence-electron chi connectivity index (χ2n) is 8.77. The number of carbonyl (C=O) groups excluding carboxylic acids is 2. The van der Waals surface area contributed by atoms with Gasteiger partial charge in [-0.3, -0.25) is 9.59 Å². The van der Waals surface area contributed by atoms with Crippen LogP contribution in [0.25, 0.3) is 0 Å². The maximum absolute atomic E-state index is 12.8. The maximum atomic E-state index is 12.8. The molecule has 5 aliphatic rings. The van der Waals surface area contributed by atoms with Crippen LogP contribution in [0.4, 0.5) is 0 Å². The van der Waals surface area contributed by atoms with Gasteiger partial charge in [-0.25, -0.2) is 0 Å². The molecular formula is C19H28O4. The lowest BCUT2D eigenvalue weighted by Crippen LogP contribution is -2.58. The number of Topliss-reactive ketones (excluding diaryl/α,β-unsaturated/α-hetero) is 1. The number of carbonyl (C=O) groups is 2. The molecule has 1 spiro atoms. The van der Waals surface area contributed by atoms with Crippen molar-refractivity contribution in [2.24, 2.45) is 22.7 Å². The number of ether oxygens (including phenoxy) is 2. The summed E-state index contributed by atoms with van der Waals surface area (Å²) >= 11 is 0. The minimum Gasteiger partial charge on any atom is -0.466 e. The molecule has 0 aromatic heterocycles. The Hall–Kier alpha value is -0.900. The SMILES string of the molecule is CCOC(=O)CC[C@]1(C)C(=O)CCC23CC4CC(OC4(C)C2)C31. The Morgan fingerprint density at radius 2 is 2.17 bits per heavy atom. The van der Waals surface area contributed by atoms with Crippen LogP contribution in [-0.2, 0) is 19.1 Å². The van der Waals surface area contributed by atoms with Gasteiger partial charge >= 0.3 is 5.97 Å². The van der Waals surface area contributed by atoms with Crippen molar-refractivity contribution in [3.63, 3.8) is 0 Å². The Kier molecular flexibility index (Phi) is 3.27. The Balaban J connectivity index is 1.61. The van der Waals surface area contributed by atoms with Crippen LogP contribution in [0.1, 0.15) is 65.7 Å². The second-order valence-corrected chi connectivity index (χ2v) is 8.77. The van der Waals surface area contributed by atoms with Gasteiger partial charge in [-0.1, -0.05) is 6.92 Å². The molecular weight excluding hydrogens is 292 g/mol. The first kappa shape index (κ1) is 15.6. The number of ketones is 1. The van der Waals surface area contributed by atoms with Gasteiger partial charge in [0.1, 0.15) is 5.78 Å². The first-order chi connectivity index (χ1) is 10.8. The molecule has 5 fully saturated rings. The van der Waals surface area contributed by atoms with Crippen molar-refractivity contribution < 1.29 is 19.1 Å². The fraction of sp³-hybridized carbons (Fsp3) is 0.895. The van der Waals surface area contributed by atoms with Crippen LogP contribution < -0.4 is 0 Å². The van der Waals surface area contributed by atoms with E-state index in [-0.39, 0.29) is 29.0 Å². The summed E-state index contributed by atoms with van der Waals surface area (Å²) in [5.41, 5.74) is -0.103. The van der Waals surface area contributed by atoms with E-state index in [1.807, 2.05) is 6.92 Å². The molecule has 4 bridgehead atoms. The maximum Gasteiger partial charge on any atom is 0.305 e. The van der Waals surface area contributed by atoms with Gasteiger partial charge in [-0.2, -0.15) is 0 Å². The third-order valence-corrected chi connectivity index (χ3v) is 7.52. The van der Waals surface area contributed by atoms with E-state index in [9.17, 15) is 9.59 Å². The molecule has 3 aliphatic carbocycles. The highest BCUT2D eigenvalue weighted by Crippen LogP contribution is 2.73. The molecule has 2 aliphatic heterocycles. The highest BCUT2D eigenvalue weighted by molar-refractivity contribution is 5.86. The summed E-state index contributed by atoms with van der Waals surface area (Å²) in [6, 6.07) is 0. The van der Waals surface area contributed by atoms with E-state index in [2.05, 4.69) is 13.8 Å². The molecule has 5 unspecified atom stereocenters. The fourth-order valence-corrected chi connectivity index (χ4v) is 6.75. The van der Waals surface area contributed by atoms with Gasteiger partial charge in [-0.05, 0) is 57.3 Å². The summed E-state index contributed by atoms with van der Waals surface area (Å²) in [6.07, 6.45) is 6.28. The van der Waals surface area contributed by atoms with Crippen LogP contribution in [0.5, 0.6) is 0 Å². The zero-order chi connectivity index (χ0) is 16.5. The van der Waals surface area contributed by atoms with Crippen molar-refractivity contribution in [3.8, 4) is 0 Å². The lowest BCUT2D eigenvalue weighted by molar-refractivity contribution is -0.191. The average Bonchev–Trinajstić information content (AvgIpc) is 2.84. The molecule has 128 valence electrons. The minimum absolute atomic E-state index is 0.0452. The number of hydrogen-bond donors (Lipinski definition) is 0. The molecule has 0 amide bonds. The third kappa shape index (κ3) is 2.00. The molecule has 2 saturated heterocycles. The summed E-state index contributed by atoms with van der Waals surface area (Å²) < 4.78 is 11.5. The zero-order valence-corrected chi connectivity index (χ0v) is 14.5. The first-order valence-electron chi connectivity index (χ1n) is 9.20. The molecule has 4 nitrogen and oxygen atoms in total. The van der Waals surface area contributed by atoms with Crippen molar-refractivity contribution in [2.45, 2.75) is 77.4 Å². The summed E-state index contributed by atoms with van der Waals surface area (Å²) in [6.45, 7) is 6.60. The van der Waals surface area contributed by atoms with Crippen LogP contribution in [0.15, 0.2) is 0 Å². The lowest BCUT2D eigenvalue weighted by atomic mass is 9.48. The highest BCUT2D eigenvalue weighted by atomic mass is 16.5. The Bertz CT molecular complexity index is 558. The Morgan fingerprint density at radius 1 is 1.39 bits per heavy atom. The van der Waals surface area contributed by atoms with Gasteiger partial charge in [-0.15, -0.1) is 0 Å². The van der Waals surface area contributed by atoms with Gasteiger partial charge in [0.05, 0.1) is 18.3 Å². The second kappa shape index (κ2) is 4.81. The van der Waals surface area contributed by atoms with Gasteiger partial charge in [0.15, 0.2) is 0 Å². The zero-order valence-electron chi connectivity index (χ0n) is 14.5. The first-order valence-corrected chi connectivity index (χ1v) is 9.20.